The Morgan fingerprint density at radius 1 is 0.885 bits per heavy atom. The minimum atomic E-state index is -0.0234. The van der Waals surface area contributed by atoms with Crippen molar-refractivity contribution < 1.29 is 0 Å². The lowest BCUT2D eigenvalue weighted by atomic mass is 9.81. The van der Waals surface area contributed by atoms with Gasteiger partial charge in [0.15, 0.2) is 0 Å². The molecule has 1 aliphatic rings. The van der Waals surface area contributed by atoms with E-state index in [2.05, 4.69) is 86.0 Å². The summed E-state index contributed by atoms with van der Waals surface area (Å²) in [7, 11) is 0. The maximum absolute atomic E-state index is 6.41. The first-order chi connectivity index (χ1) is 12.5. The van der Waals surface area contributed by atoms with Crippen LogP contribution in [-0.2, 0) is 5.41 Å². The third-order valence-electron chi connectivity index (χ3n) is 5.64. The van der Waals surface area contributed by atoms with Gasteiger partial charge in [-0.15, -0.1) is 0 Å². The van der Waals surface area contributed by atoms with Crippen LogP contribution in [-0.4, -0.2) is 4.57 Å². The number of hydrogen-bond acceptors (Lipinski definition) is 0. The number of hydrogen-bond donors (Lipinski definition) is 0. The Hall–Kier alpha value is -2.51. The molecule has 0 saturated carbocycles. The summed E-state index contributed by atoms with van der Waals surface area (Å²) in [4.78, 5) is 0. The zero-order chi connectivity index (χ0) is 18.1. The van der Waals surface area contributed by atoms with Crippen LogP contribution in [0.4, 0.5) is 0 Å². The normalized spacial score (nSPS) is 14.5. The largest absolute Gasteiger partial charge is 0.309 e. The number of fused-ring (bicyclic) bond motifs is 5. The predicted molar refractivity (Wildman–Crippen MR) is 111 cm³/mol. The topological polar surface area (TPSA) is 4.93 Å². The molecule has 1 nitrogen and oxygen atoms in total. The van der Waals surface area contributed by atoms with Crippen molar-refractivity contribution in [3.8, 4) is 16.9 Å². The Kier molecular flexibility index (Phi) is 3.17. The highest BCUT2D eigenvalue weighted by molar-refractivity contribution is 6.30. The summed E-state index contributed by atoms with van der Waals surface area (Å²) in [6.45, 7) is 6.76. The molecule has 128 valence electrons. The van der Waals surface area contributed by atoms with Gasteiger partial charge in [-0.05, 0) is 47.9 Å². The van der Waals surface area contributed by atoms with Crippen molar-refractivity contribution in [2.45, 2.75) is 26.2 Å². The molecule has 0 radical (unpaired) electrons. The molecule has 0 amide bonds. The number of halogens is 1. The summed E-state index contributed by atoms with van der Waals surface area (Å²) in [6.07, 6.45) is 0. The number of aryl methyl sites for hydroxylation is 1. The van der Waals surface area contributed by atoms with Crippen LogP contribution < -0.4 is 0 Å². The summed E-state index contributed by atoms with van der Waals surface area (Å²) < 4.78 is 2.39. The van der Waals surface area contributed by atoms with Gasteiger partial charge in [-0.2, -0.15) is 0 Å². The lowest BCUT2D eigenvalue weighted by Crippen LogP contribution is -2.14. The first kappa shape index (κ1) is 15.7. The number of benzene rings is 3. The monoisotopic (exact) mass is 357 g/mol. The van der Waals surface area contributed by atoms with Gasteiger partial charge in [0, 0.05) is 27.1 Å². The lowest BCUT2D eigenvalue weighted by Gasteiger charge is -2.21. The van der Waals surface area contributed by atoms with Gasteiger partial charge in [0.25, 0.3) is 0 Å². The Labute approximate surface area is 158 Å². The second-order valence-electron chi connectivity index (χ2n) is 7.73. The maximum atomic E-state index is 6.41. The molecule has 0 saturated heterocycles. The lowest BCUT2D eigenvalue weighted by molar-refractivity contribution is 0.666. The van der Waals surface area contributed by atoms with E-state index in [9.17, 15) is 0 Å². The van der Waals surface area contributed by atoms with Crippen molar-refractivity contribution in [1.29, 1.82) is 0 Å². The van der Waals surface area contributed by atoms with E-state index in [4.69, 9.17) is 11.6 Å². The van der Waals surface area contributed by atoms with Crippen molar-refractivity contribution in [2.75, 3.05) is 0 Å². The van der Waals surface area contributed by atoms with Gasteiger partial charge in [0.05, 0.1) is 11.2 Å². The molecule has 0 atom stereocenters. The second-order valence-corrected chi connectivity index (χ2v) is 8.17. The van der Waals surface area contributed by atoms with E-state index in [-0.39, 0.29) is 5.41 Å². The molecular weight excluding hydrogens is 338 g/mol. The van der Waals surface area contributed by atoms with Crippen molar-refractivity contribution in [1.82, 2.24) is 4.57 Å². The number of para-hydroxylation sites is 1. The highest BCUT2D eigenvalue weighted by atomic mass is 35.5. The Bertz CT molecular complexity index is 1160. The van der Waals surface area contributed by atoms with Crippen molar-refractivity contribution in [2.24, 2.45) is 0 Å². The van der Waals surface area contributed by atoms with Gasteiger partial charge in [-0.3, -0.25) is 0 Å². The molecule has 1 heterocycles. The summed E-state index contributed by atoms with van der Waals surface area (Å²) in [5.41, 5.74) is 8.93. The zero-order valence-corrected chi connectivity index (χ0v) is 15.9. The summed E-state index contributed by atoms with van der Waals surface area (Å²) in [5, 5.41) is 2.10. The summed E-state index contributed by atoms with van der Waals surface area (Å²) in [5.74, 6) is 0. The molecule has 4 aromatic rings. The Morgan fingerprint density at radius 2 is 1.62 bits per heavy atom. The fourth-order valence-electron chi connectivity index (χ4n) is 4.61. The Morgan fingerprint density at radius 3 is 2.42 bits per heavy atom. The third kappa shape index (κ3) is 1.98. The summed E-state index contributed by atoms with van der Waals surface area (Å²) in [6, 6.07) is 23.8. The maximum Gasteiger partial charge on any atom is 0.0585 e. The predicted octanol–water partition coefficient (Wildman–Crippen LogP) is 6.90. The molecule has 0 bridgehead atoms. The zero-order valence-electron chi connectivity index (χ0n) is 15.2. The molecule has 0 N–H and O–H groups in total. The van der Waals surface area contributed by atoms with Gasteiger partial charge in [-0.1, -0.05) is 67.9 Å². The van der Waals surface area contributed by atoms with Crippen LogP contribution in [0.1, 0.15) is 30.5 Å². The van der Waals surface area contributed by atoms with Crippen LogP contribution in [0.2, 0.25) is 5.02 Å². The average Bonchev–Trinajstić information content (AvgIpc) is 3.07. The van der Waals surface area contributed by atoms with Gasteiger partial charge >= 0.3 is 0 Å². The quantitative estimate of drug-likeness (QED) is 0.349. The molecule has 0 unspecified atom stereocenters. The van der Waals surface area contributed by atoms with E-state index < -0.39 is 0 Å². The van der Waals surface area contributed by atoms with Gasteiger partial charge in [0.1, 0.15) is 0 Å². The van der Waals surface area contributed by atoms with Crippen LogP contribution in [0.15, 0.2) is 66.7 Å². The number of nitrogens with zero attached hydrogens (tertiary/aromatic N) is 1. The summed E-state index contributed by atoms with van der Waals surface area (Å²) >= 11 is 6.41. The molecule has 1 aromatic heterocycles. The molecule has 1 aliphatic carbocycles. The fraction of sp³-hybridized carbons (Fsp3) is 0.167. The average molecular weight is 358 g/mol. The van der Waals surface area contributed by atoms with Crippen LogP contribution in [0.3, 0.4) is 0 Å². The standard InChI is InChI=1S/C24H20ClN/c1-15-12-16(25)14-17(13-15)26-21-11-7-5-9-19(21)22-23(26)18-8-4-6-10-20(18)24(22,2)3/h4-14H,1-3H3. The number of aromatic nitrogens is 1. The van der Waals surface area contributed by atoms with Gasteiger partial charge in [0.2, 0.25) is 0 Å². The molecule has 0 aliphatic heterocycles. The molecule has 5 rings (SSSR count). The van der Waals surface area contributed by atoms with Crippen LogP contribution in [0, 0.1) is 6.92 Å². The van der Waals surface area contributed by atoms with Gasteiger partial charge in [-0.25, -0.2) is 0 Å². The molecule has 0 spiro atoms. The van der Waals surface area contributed by atoms with E-state index in [0.29, 0.717) is 0 Å². The molecular formula is C24H20ClN. The highest BCUT2D eigenvalue weighted by Gasteiger charge is 2.40. The van der Waals surface area contributed by atoms with E-state index in [0.717, 1.165) is 10.7 Å². The minimum absolute atomic E-state index is 0.0234. The van der Waals surface area contributed by atoms with E-state index in [1.165, 1.54) is 38.9 Å². The first-order valence-corrected chi connectivity index (χ1v) is 9.37. The minimum Gasteiger partial charge on any atom is -0.309 e. The highest BCUT2D eigenvalue weighted by Crippen LogP contribution is 2.53. The Balaban J connectivity index is 1.99. The van der Waals surface area contributed by atoms with Crippen molar-refractivity contribution in [3.05, 3.63) is 88.4 Å². The molecule has 3 aromatic carbocycles. The van der Waals surface area contributed by atoms with Crippen LogP contribution >= 0.6 is 11.6 Å². The molecule has 2 heteroatoms. The van der Waals surface area contributed by atoms with Gasteiger partial charge < -0.3 is 4.57 Å². The third-order valence-corrected chi connectivity index (χ3v) is 5.86. The van der Waals surface area contributed by atoms with E-state index >= 15 is 0 Å². The smallest absolute Gasteiger partial charge is 0.0585 e. The second kappa shape index (κ2) is 5.25. The van der Waals surface area contributed by atoms with E-state index in [1.54, 1.807) is 0 Å². The fourth-order valence-corrected chi connectivity index (χ4v) is 4.90. The van der Waals surface area contributed by atoms with Crippen molar-refractivity contribution in [3.63, 3.8) is 0 Å². The molecule has 0 fully saturated rings. The van der Waals surface area contributed by atoms with Crippen LogP contribution in [0.25, 0.3) is 27.8 Å². The van der Waals surface area contributed by atoms with Crippen LogP contribution in [0.5, 0.6) is 0 Å². The molecule has 26 heavy (non-hydrogen) atoms. The first-order valence-electron chi connectivity index (χ1n) is 9.00. The van der Waals surface area contributed by atoms with E-state index in [1.807, 2.05) is 6.07 Å². The number of rotatable bonds is 1. The SMILES string of the molecule is Cc1cc(Cl)cc(-n2c3c(c4ccccc42)C(C)(C)c2ccccc2-3)c1. The van der Waals surface area contributed by atoms with Crippen molar-refractivity contribution >= 4 is 22.5 Å².